The van der Waals surface area contributed by atoms with Gasteiger partial charge in [0.25, 0.3) is 5.91 Å². The Balaban J connectivity index is 2.19. The van der Waals surface area contributed by atoms with Crippen LogP contribution in [-0.2, 0) is 19.6 Å². The first-order chi connectivity index (χ1) is 9.99. The first kappa shape index (κ1) is 15.8. The molecule has 0 fully saturated rings. The molecule has 0 spiro atoms. The number of rotatable bonds is 5. The Bertz CT molecular complexity index is 646. The average molecular weight is 354 g/mol. The highest BCUT2D eigenvalue weighted by Gasteiger charge is 2.20. The normalized spacial score (nSPS) is 10.9. The van der Waals surface area contributed by atoms with E-state index in [9.17, 15) is 4.79 Å². The van der Waals surface area contributed by atoms with E-state index in [0.29, 0.717) is 12.1 Å². The van der Waals surface area contributed by atoms with Crippen LogP contribution in [-0.4, -0.2) is 37.4 Å². The van der Waals surface area contributed by atoms with Crippen LogP contribution in [0.1, 0.15) is 35.6 Å². The van der Waals surface area contributed by atoms with Crippen LogP contribution < -0.4 is 0 Å². The zero-order valence-electron chi connectivity index (χ0n) is 12.8. The molecule has 7 heteroatoms. The van der Waals surface area contributed by atoms with Gasteiger partial charge >= 0.3 is 0 Å². The molecule has 0 radical (unpaired) electrons. The number of halogens is 1. The van der Waals surface area contributed by atoms with Gasteiger partial charge in [0.1, 0.15) is 0 Å². The second-order valence-corrected chi connectivity index (χ2v) is 5.73. The summed E-state index contributed by atoms with van der Waals surface area (Å²) in [6.07, 6.45) is 3.40. The first-order valence-electron chi connectivity index (χ1n) is 6.97. The molecule has 6 nitrogen and oxygen atoms in total. The Labute approximate surface area is 132 Å². The number of amides is 1. The molecule has 0 bridgehead atoms. The molecule has 2 heterocycles. The van der Waals surface area contributed by atoms with Crippen molar-refractivity contribution >= 4 is 21.8 Å². The van der Waals surface area contributed by atoms with Crippen LogP contribution in [0.15, 0.2) is 16.9 Å². The van der Waals surface area contributed by atoms with Gasteiger partial charge in [-0.25, -0.2) is 0 Å². The fourth-order valence-electron chi connectivity index (χ4n) is 2.29. The molecule has 2 aromatic heterocycles. The van der Waals surface area contributed by atoms with Gasteiger partial charge in [-0.3, -0.25) is 14.2 Å². The van der Waals surface area contributed by atoms with Crippen molar-refractivity contribution in [3.05, 3.63) is 33.8 Å². The van der Waals surface area contributed by atoms with Gasteiger partial charge in [-0.1, -0.05) is 0 Å². The van der Waals surface area contributed by atoms with E-state index in [2.05, 4.69) is 26.1 Å². The Morgan fingerprint density at radius 1 is 1.24 bits per heavy atom. The van der Waals surface area contributed by atoms with Crippen LogP contribution in [0.4, 0.5) is 0 Å². The van der Waals surface area contributed by atoms with Crippen LogP contribution in [0.25, 0.3) is 0 Å². The van der Waals surface area contributed by atoms with Crippen molar-refractivity contribution in [2.24, 2.45) is 0 Å². The predicted octanol–water partition coefficient (Wildman–Crippen LogP) is 2.46. The Morgan fingerprint density at radius 2 is 1.86 bits per heavy atom. The number of hydrogen-bond donors (Lipinski definition) is 0. The summed E-state index contributed by atoms with van der Waals surface area (Å²) in [7, 11) is 1.80. The number of nitrogens with zero attached hydrogens (tertiary/aromatic N) is 5. The third-order valence-electron chi connectivity index (χ3n) is 3.56. The minimum absolute atomic E-state index is 0.0250. The minimum Gasteiger partial charge on any atom is -0.336 e. The fraction of sp³-hybridized carbons (Fsp3) is 0.500. The van der Waals surface area contributed by atoms with E-state index in [-0.39, 0.29) is 5.91 Å². The molecule has 0 aliphatic carbocycles. The molecule has 0 saturated carbocycles. The molecular weight excluding hydrogens is 334 g/mol. The molecule has 1 amide bonds. The highest BCUT2D eigenvalue weighted by molar-refractivity contribution is 9.10. The SMILES string of the molecule is CCn1ncc(C(=O)N(C)Cc2c(Br)cnn2CC)c1C. The molecule has 21 heavy (non-hydrogen) atoms. The lowest BCUT2D eigenvalue weighted by molar-refractivity contribution is 0.0780. The standard InChI is InChI=1S/C14H20BrN5O/c1-5-19-10(3)11(7-16-19)14(21)18(4)9-13-12(15)8-17-20(13)6-2/h7-8H,5-6,9H2,1-4H3. The van der Waals surface area contributed by atoms with Gasteiger partial charge in [0.15, 0.2) is 0 Å². The summed E-state index contributed by atoms with van der Waals surface area (Å²) in [6.45, 7) is 8.00. The monoisotopic (exact) mass is 353 g/mol. The third kappa shape index (κ3) is 3.02. The van der Waals surface area contributed by atoms with E-state index in [1.807, 2.05) is 30.1 Å². The van der Waals surface area contributed by atoms with Crippen LogP contribution >= 0.6 is 15.9 Å². The van der Waals surface area contributed by atoms with E-state index >= 15 is 0 Å². The molecule has 0 aliphatic heterocycles. The van der Waals surface area contributed by atoms with Crippen molar-refractivity contribution in [2.75, 3.05) is 7.05 Å². The average Bonchev–Trinajstić information content (AvgIpc) is 3.01. The summed E-state index contributed by atoms with van der Waals surface area (Å²) < 4.78 is 4.63. The van der Waals surface area contributed by atoms with Crippen molar-refractivity contribution in [3.63, 3.8) is 0 Å². The lowest BCUT2D eigenvalue weighted by atomic mass is 10.2. The van der Waals surface area contributed by atoms with Gasteiger partial charge in [0, 0.05) is 25.8 Å². The number of aryl methyl sites for hydroxylation is 2. The van der Waals surface area contributed by atoms with Crippen LogP contribution in [0.5, 0.6) is 0 Å². The zero-order chi connectivity index (χ0) is 15.6. The molecule has 0 aromatic carbocycles. The Kier molecular flexibility index (Phi) is 4.82. The van der Waals surface area contributed by atoms with Gasteiger partial charge in [-0.15, -0.1) is 0 Å². The van der Waals surface area contributed by atoms with Gasteiger partial charge in [0.05, 0.1) is 34.7 Å². The van der Waals surface area contributed by atoms with E-state index < -0.39 is 0 Å². The highest BCUT2D eigenvalue weighted by Crippen LogP contribution is 2.19. The number of carbonyl (C=O) groups is 1. The van der Waals surface area contributed by atoms with E-state index in [4.69, 9.17) is 0 Å². The van der Waals surface area contributed by atoms with E-state index in [0.717, 1.165) is 29.0 Å². The molecule has 114 valence electrons. The largest absolute Gasteiger partial charge is 0.336 e. The molecule has 0 saturated heterocycles. The molecule has 0 unspecified atom stereocenters. The zero-order valence-corrected chi connectivity index (χ0v) is 14.4. The van der Waals surface area contributed by atoms with Crippen LogP contribution in [0.2, 0.25) is 0 Å². The molecule has 0 N–H and O–H groups in total. The quantitative estimate of drug-likeness (QED) is 0.829. The maximum absolute atomic E-state index is 12.6. The van der Waals surface area contributed by atoms with Crippen molar-refractivity contribution in [2.45, 2.75) is 40.4 Å². The van der Waals surface area contributed by atoms with Gasteiger partial charge in [0.2, 0.25) is 0 Å². The van der Waals surface area contributed by atoms with E-state index in [1.165, 1.54) is 0 Å². The smallest absolute Gasteiger partial charge is 0.257 e. The lowest BCUT2D eigenvalue weighted by Crippen LogP contribution is -2.28. The minimum atomic E-state index is -0.0250. The number of aromatic nitrogens is 4. The first-order valence-corrected chi connectivity index (χ1v) is 7.76. The van der Waals surface area contributed by atoms with Gasteiger partial charge in [-0.05, 0) is 36.7 Å². The van der Waals surface area contributed by atoms with Crippen LogP contribution in [0.3, 0.4) is 0 Å². The summed E-state index contributed by atoms with van der Waals surface area (Å²) in [5.41, 5.74) is 2.55. The number of hydrogen-bond acceptors (Lipinski definition) is 3. The highest BCUT2D eigenvalue weighted by atomic mass is 79.9. The molecular formula is C14H20BrN5O. The maximum atomic E-state index is 12.6. The van der Waals surface area contributed by atoms with Crippen molar-refractivity contribution in [3.8, 4) is 0 Å². The summed E-state index contributed by atoms with van der Waals surface area (Å²) in [4.78, 5) is 14.3. The number of carbonyl (C=O) groups excluding carboxylic acids is 1. The summed E-state index contributed by atoms with van der Waals surface area (Å²) in [5.74, 6) is -0.0250. The predicted molar refractivity (Wildman–Crippen MR) is 84.0 cm³/mol. The van der Waals surface area contributed by atoms with Crippen molar-refractivity contribution < 1.29 is 4.79 Å². The fourth-order valence-corrected chi connectivity index (χ4v) is 2.72. The third-order valence-corrected chi connectivity index (χ3v) is 4.23. The van der Waals surface area contributed by atoms with Gasteiger partial charge in [-0.2, -0.15) is 10.2 Å². The van der Waals surface area contributed by atoms with Crippen molar-refractivity contribution in [1.82, 2.24) is 24.5 Å². The van der Waals surface area contributed by atoms with Gasteiger partial charge < -0.3 is 4.90 Å². The maximum Gasteiger partial charge on any atom is 0.257 e. The lowest BCUT2D eigenvalue weighted by Gasteiger charge is -2.18. The Morgan fingerprint density at radius 3 is 2.43 bits per heavy atom. The van der Waals surface area contributed by atoms with E-state index in [1.54, 1.807) is 24.3 Å². The summed E-state index contributed by atoms with van der Waals surface area (Å²) in [6, 6.07) is 0. The molecule has 0 atom stereocenters. The summed E-state index contributed by atoms with van der Waals surface area (Å²) in [5, 5.41) is 8.50. The molecule has 0 aliphatic rings. The summed E-state index contributed by atoms with van der Waals surface area (Å²) >= 11 is 3.48. The van der Waals surface area contributed by atoms with Crippen molar-refractivity contribution in [1.29, 1.82) is 0 Å². The topological polar surface area (TPSA) is 56.0 Å². The Hall–Kier alpha value is -1.63. The second kappa shape index (κ2) is 6.43. The molecule has 2 aromatic rings. The molecule has 2 rings (SSSR count). The van der Waals surface area contributed by atoms with Crippen LogP contribution in [0, 0.1) is 6.92 Å². The second-order valence-electron chi connectivity index (χ2n) is 4.88.